The molecule has 2 aromatic rings. The van der Waals surface area contributed by atoms with E-state index in [0.29, 0.717) is 26.1 Å². The minimum absolute atomic E-state index is 0.00202. The van der Waals surface area contributed by atoms with Gasteiger partial charge in [0.1, 0.15) is 11.6 Å². The molecule has 0 aromatic heterocycles. The molecule has 234 valence electrons. The molecule has 0 radical (unpaired) electrons. The maximum Gasteiger partial charge on any atom is 0.410 e. The second-order valence-corrected chi connectivity index (χ2v) is 13.3. The Kier molecular flexibility index (Phi) is 12.1. The van der Waals surface area contributed by atoms with Crippen LogP contribution in [0.5, 0.6) is 0 Å². The van der Waals surface area contributed by atoms with Gasteiger partial charge in [-0.1, -0.05) is 60.7 Å². The SMILES string of the molecule is CC(C)(C)OC(=O)N1CCCC(C(=O)N2CCCCC2C(=O)NC(CCCc2ccccc2)CCCc2ccccc2)C1. The summed E-state index contributed by atoms with van der Waals surface area (Å²) in [4.78, 5) is 43.8. The molecule has 0 bridgehead atoms. The molecule has 2 saturated heterocycles. The van der Waals surface area contributed by atoms with E-state index in [9.17, 15) is 14.4 Å². The summed E-state index contributed by atoms with van der Waals surface area (Å²) in [5.41, 5.74) is 2.05. The highest BCUT2D eigenvalue weighted by molar-refractivity contribution is 5.89. The van der Waals surface area contributed by atoms with Crippen molar-refractivity contribution in [3.05, 3.63) is 71.8 Å². The highest BCUT2D eigenvalue weighted by Gasteiger charge is 2.38. The standard InChI is InChI=1S/C36H51N3O4/c1-36(2,3)43-35(42)38-25-14-21-30(27-38)34(41)39-26-11-10-24-32(39)33(40)37-31(22-12-19-28-15-6-4-7-16-28)23-13-20-29-17-8-5-9-18-29/h4-9,15-18,30-32H,10-14,19-27H2,1-3H3,(H,37,40). The molecule has 2 atom stereocenters. The molecule has 0 spiro atoms. The highest BCUT2D eigenvalue weighted by atomic mass is 16.6. The van der Waals surface area contributed by atoms with Gasteiger partial charge < -0.3 is 19.9 Å². The first-order valence-electron chi connectivity index (χ1n) is 16.4. The minimum Gasteiger partial charge on any atom is -0.444 e. The van der Waals surface area contributed by atoms with Gasteiger partial charge in [0.15, 0.2) is 0 Å². The Balaban J connectivity index is 1.37. The molecule has 7 nitrogen and oxygen atoms in total. The van der Waals surface area contributed by atoms with E-state index in [-0.39, 0.29) is 29.9 Å². The number of hydrogen-bond acceptors (Lipinski definition) is 4. The van der Waals surface area contributed by atoms with Crippen molar-refractivity contribution in [2.75, 3.05) is 19.6 Å². The second-order valence-electron chi connectivity index (χ2n) is 13.3. The Morgan fingerprint density at radius 1 is 0.837 bits per heavy atom. The minimum atomic E-state index is -0.581. The number of hydrogen-bond donors (Lipinski definition) is 1. The zero-order chi connectivity index (χ0) is 30.7. The van der Waals surface area contributed by atoms with Crippen LogP contribution in [0.25, 0.3) is 0 Å². The van der Waals surface area contributed by atoms with Crippen LogP contribution < -0.4 is 5.32 Å². The normalized spacial score (nSPS) is 19.3. The fraction of sp³-hybridized carbons (Fsp3) is 0.583. The zero-order valence-corrected chi connectivity index (χ0v) is 26.4. The lowest BCUT2D eigenvalue weighted by molar-refractivity contribution is -0.147. The van der Waals surface area contributed by atoms with Crippen molar-refractivity contribution in [3.63, 3.8) is 0 Å². The van der Waals surface area contributed by atoms with Gasteiger partial charge in [-0.05, 0) is 103 Å². The average Bonchev–Trinajstić information content (AvgIpc) is 3.01. The number of aryl methyl sites for hydroxylation is 2. The summed E-state index contributed by atoms with van der Waals surface area (Å²) in [5, 5.41) is 3.38. The number of carbonyl (C=O) groups excluding carboxylic acids is 3. The Hall–Kier alpha value is -3.35. The van der Waals surface area contributed by atoms with Crippen LogP contribution in [0.4, 0.5) is 4.79 Å². The monoisotopic (exact) mass is 589 g/mol. The Labute approximate surface area is 258 Å². The summed E-state index contributed by atoms with van der Waals surface area (Å²) in [6, 6.07) is 20.6. The molecule has 43 heavy (non-hydrogen) atoms. The fourth-order valence-corrected chi connectivity index (χ4v) is 6.35. The molecule has 0 aliphatic carbocycles. The number of nitrogens with one attached hydrogen (secondary N) is 1. The highest BCUT2D eigenvalue weighted by Crippen LogP contribution is 2.26. The van der Waals surface area contributed by atoms with Gasteiger partial charge in [-0.2, -0.15) is 0 Å². The molecular formula is C36H51N3O4. The van der Waals surface area contributed by atoms with Crippen LogP contribution in [0.3, 0.4) is 0 Å². The second kappa shape index (κ2) is 15.9. The van der Waals surface area contributed by atoms with Crippen LogP contribution in [0, 0.1) is 5.92 Å². The molecule has 2 unspecified atom stereocenters. The maximum atomic E-state index is 13.8. The van der Waals surface area contributed by atoms with Crippen molar-refractivity contribution >= 4 is 17.9 Å². The van der Waals surface area contributed by atoms with Gasteiger partial charge in [-0.25, -0.2) is 4.79 Å². The number of piperidine rings is 2. The van der Waals surface area contributed by atoms with Crippen molar-refractivity contribution < 1.29 is 19.1 Å². The maximum absolute atomic E-state index is 13.8. The number of likely N-dealkylation sites (tertiary alicyclic amines) is 2. The summed E-state index contributed by atoms with van der Waals surface area (Å²) >= 11 is 0. The van der Waals surface area contributed by atoms with E-state index in [4.69, 9.17) is 4.74 Å². The number of benzene rings is 2. The zero-order valence-electron chi connectivity index (χ0n) is 26.4. The fourth-order valence-electron chi connectivity index (χ4n) is 6.35. The van der Waals surface area contributed by atoms with Crippen molar-refractivity contribution in [2.45, 2.75) is 109 Å². The number of amides is 3. The van der Waals surface area contributed by atoms with Gasteiger partial charge in [0.2, 0.25) is 11.8 Å². The van der Waals surface area contributed by atoms with E-state index < -0.39 is 11.6 Å². The van der Waals surface area contributed by atoms with E-state index in [1.165, 1.54) is 11.1 Å². The Bertz CT molecular complexity index is 1120. The van der Waals surface area contributed by atoms with Crippen LogP contribution in [0.15, 0.2) is 60.7 Å². The van der Waals surface area contributed by atoms with Crippen molar-refractivity contribution in [1.82, 2.24) is 15.1 Å². The van der Waals surface area contributed by atoms with Crippen LogP contribution in [0.2, 0.25) is 0 Å². The van der Waals surface area contributed by atoms with E-state index in [1.807, 2.05) is 37.8 Å². The molecule has 7 heteroatoms. The Morgan fingerprint density at radius 2 is 1.44 bits per heavy atom. The Morgan fingerprint density at radius 3 is 2.02 bits per heavy atom. The molecule has 0 saturated carbocycles. The molecule has 3 amide bonds. The first-order chi connectivity index (χ1) is 20.7. The van der Waals surface area contributed by atoms with Crippen molar-refractivity contribution in [3.8, 4) is 0 Å². The summed E-state index contributed by atoms with van der Waals surface area (Å²) in [5.74, 6) is -0.336. The number of nitrogens with zero attached hydrogens (tertiary/aromatic N) is 2. The summed E-state index contributed by atoms with van der Waals surface area (Å²) in [6.45, 7) is 7.09. The molecular weight excluding hydrogens is 538 g/mol. The number of carbonyl (C=O) groups is 3. The van der Waals surface area contributed by atoms with E-state index in [1.54, 1.807) is 4.90 Å². The van der Waals surface area contributed by atoms with Crippen molar-refractivity contribution in [2.24, 2.45) is 5.92 Å². The van der Waals surface area contributed by atoms with Gasteiger partial charge in [-0.15, -0.1) is 0 Å². The van der Waals surface area contributed by atoms with Crippen LogP contribution in [-0.2, 0) is 27.2 Å². The van der Waals surface area contributed by atoms with E-state index in [0.717, 1.165) is 64.2 Å². The van der Waals surface area contributed by atoms with Crippen LogP contribution in [-0.4, -0.2) is 65.0 Å². The van der Waals surface area contributed by atoms with Crippen molar-refractivity contribution in [1.29, 1.82) is 0 Å². The lowest BCUT2D eigenvalue weighted by Crippen LogP contribution is -2.56. The summed E-state index contributed by atoms with van der Waals surface area (Å²) in [7, 11) is 0. The van der Waals surface area contributed by atoms with Gasteiger partial charge in [0, 0.05) is 25.7 Å². The first-order valence-corrected chi connectivity index (χ1v) is 16.4. The lowest BCUT2D eigenvalue weighted by atomic mass is 9.93. The van der Waals surface area contributed by atoms with E-state index in [2.05, 4.69) is 53.8 Å². The third kappa shape index (κ3) is 10.4. The molecule has 2 aliphatic heterocycles. The quantitative estimate of drug-likeness (QED) is 0.323. The van der Waals surface area contributed by atoms with E-state index >= 15 is 0 Å². The third-order valence-corrected chi connectivity index (χ3v) is 8.58. The molecule has 4 rings (SSSR count). The van der Waals surface area contributed by atoms with Crippen LogP contribution in [0.1, 0.15) is 89.7 Å². The smallest absolute Gasteiger partial charge is 0.410 e. The molecule has 2 aliphatic rings. The topological polar surface area (TPSA) is 79.0 Å². The first kappa shape index (κ1) is 32.6. The average molecular weight is 590 g/mol. The predicted molar refractivity (Wildman–Crippen MR) is 171 cm³/mol. The lowest BCUT2D eigenvalue weighted by Gasteiger charge is -2.40. The van der Waals surface area contributed by atoms with Gasteiger partial charge in [-0.3, -0.25) is 9.59 Å². The molecule has 2 aromatic carbocycles. The number of rotatable bonds is 11. The van der Waals surface area contributed by atoms with Crippen LogP contribution >= 0.6 is 0 Å². The predicted octanol–water partition coefficient (Wildman–Crippen LogP) is 6.55. The summed E-state index contributed by atoms with van der Waals surface area (Å²) in [6.07, 6.45) is 9.40. The molecule has 1 N–H and O–H groups in total. The third-order valence-electron chi connectivity index (χ3n) is 8.58. The summed E-state index contributed by atoms with van der Waals surface area (Å²) < 4.78 is 5.57. The van der Waals surface area contributed by atoms with Gasteiger partial charge in [0.05, 0.1) is 5.92 Å². The largest absolute Gasteiger partial charge is 0.444 e. The van der Waals surface area contributed by atoms with Gasteiger partial charge >= 0.3 is 6.09 Å². The molecule has 2 heterocycles. The molecule has 2 fully saturated rings. The van der Waals surface area contributed by atoms with Gasteiger partial charge in [0.25, 0.3) is 0 Å². The number of ether oxygens (including phenoxy) is 1.